The Morgan fingerprint density at radius 2 is 2.17 bits per heavy atom. The molecule has 0 aromatic carbocycles. The second-order valence-electron chi connectivity index (χ2n) is 2.01. The molecule has 0 spiro atoms. The Kier molecular flexibility index (Phi) is 4.69. The minimum atomic E-state index is -1.39. The van der Waals surface area contributed by atoms with E-state index in [0.717, 1.165) is 0 Å². The number of hydrogen-bond acceptors (Lipinski definition) is 4. The predicted molar refractivity (Wildman–Crippen MR) is 48.8 cm³/mol. The zero-order valence-corrected chi connectivity index (χ0v) is 9.42. The molecule has 0 aliphatic rings. The second kappa shape index (κ2) is 4.76. The normalized spacial score (nSPS) is 10.9. The molecule has 0 aliphatic heterocycles. The van der Waals surface area contributed by atoms with Crippen LogP contribution in [0.15, 0.2) is 0 Å². The molecule has 0 bridgehead atoms. The first kappa shape index (κ1) is 11.8. The number of carbonyl (C=O) groups is 1. The Hall–Kier alpha value is -0.170. The summed E-state index contributed by atoms with van der Waals surface area (Å²) in [5, 5.41) is 10.3. The van der Waals surface area contributed by atoms with Crippen molar-refractivity contribution in [3.05, 3.63) is 10.1 Å². The Morgan fingerprint density at radius 1 is 1.67 bits per heavy atom. The summed E-state index contributed by atoms with van der Waals surface area (Å²) in [6.45, 7) is 1.25. The van der Waals surface area contributed by atoms with Gasteiger partial charge in [-0.25, -0.2) is 0 Å². The Labute approximate surface area is 85.9 Å². The molecule has 0 aromatic rings. The molecule has 0 heterocycles. The molecular formula is C5H7Br2NO4. The Balaban J connectivity index is 3.76. The van der Waals surface area contributed by atoms with E-state index in [1.54, 1.807) is 0 Å². The van der Waals surface area contributed by atoms with Crippen molar-refractivity contribution in [2.45, 2.75) is 16.7 Å². The van der Waals surface area contributed by atoms with Gasteiger partial charge in [-0.1, -0.05) is 0 Å². The second-order valence-corrected chi connectivity index (χ2v) is 5.70. The van der Waals surface area contributed by atoms with E-state index >= 15 is 0 Å². The molecule has 0 rings (SSSR count). The van der Waals surface area contributed by atoms with Crippen LogP contribution in [-0.4, -0.2) is 20.9 Å². The number of nitro groups is 1. The smallest absolute Gasteiger partial charge is 0.330 e. The third-order valence-corrected chi connectivity index (χ3v) is 2.35. The van der Waals surface area contributed by atoms with Crippen LogP contribution in [0.25, 0.3) is 0 Å². The van der Waals surface area contributed by atoms with Gasteiger partial charge in [-0.2, -0.15) is 0 Å². The summed E-state index contributed by atoms with van der Waals surface area (Å²) >= 11 is 5.65. The van der Waals surface area contributed by atoms with Crippen LogP contribution in [0.2, 0.25) is 0 Å². The third kappa shape index (κ3) is 4.66. The lowest BCUT2D eigenvalue weighted by molar-refractivity contribution is -0.505. The summed E-state index contributed by atoms with van der Waals surface area (Å²) in [5.41, 5.74) is 0. The minimum absolute atomic E-state index is 0.00676. The molecule has 0 aromatic heterocycles. The molecule has 0 radical (unpaired) electrons. The van der Waals surface area contributed by atoms with E-state index in [4.69, 9.17) is 0 Å². The fourth-order valence-electron chi connectivity index (χ4n) is 0.409. The summed E-state index contributed by atoms with van der Waals surface area (Å²) in [5.74, 6) is -0.450. The fourth-order valence-corrected chi connectivity index (χ4v) is 0.733. The maximum atomic E-state index is 10.3. The van der Waals surface area contributed by atoms with Crippen molar-refractivity contribution in [2.75, 3.05) is 6.61 Å². The van der Waals surface area contributed by atoms with E-state index in [0.29, 0.717) is 0 Å². The molecule has 0 saturated heterocycles. The molecule has 12 heavy (non-hydrogen) atoms. The van der Waals surface area contributed by atoms with Crippen molar-refractivity contribution in [1.29, 1.82) is 0 Å². The Morgan fingerprint density at radius 3 is 2.50 bits per heavy atom. The molecule has 0 N–H and O–H groups in total. The first-order valence-electron chi connectivity index (χ1n) is 3.02. The van der Waals surface area contributed by atoms with Crippen molar-refractivity contribution in [1.82, 2.24) is 0 Å². The predicted octanol–water partition coefficient (Wildman–Crippen LogP) is 1.66. The number of esters is 1. The van der Waals surface area contributed by atoms with Crippen LogP contribution in [0.4, 0.5) is 0 Å². The highest BCUT2D eigenvalue weighted by molar-refractivity contribution is 9.25. The average molecular weight is 305 g/mol. The van der Waals surface area contributed by atoms with Gasteiger partial charge in [0, 0.05) is 43.7 Å². The monoisotopic (exact) mass is 303 g/mol. The van der Waals surface area contributed by atoms with Crippen LogP contribution in [0.5, 0.6) is 0 Å². The molecule has 70 valence electrons. The van der Waals surface area contributed by atoms with Gasteiger partial charge in [0.05, 0.1) is 6.42 Å². The lowest BCUT2D eigenvalue weighted by Gasteiger charge is -2.10. The molecule has 7 heteroatoms. The van der Waals surface area contributed by atoms with Crippen LogP contribution in [0, 0.1) is 10.1 Å². The van der Waals surface area contributed by atoms with Gasteiger partial charge in [0.1, 0.15) is 6.61 Å². The van der Waals surface area contributed by atoms with Gasteiger partial charge in [-0.15, -0.1) is 0 Å². The number of halogens is 2. The van der Waals surface area contributed by atoms with Gasteiger partial charge in [-0.3, -0.25) is 14.9 Å². The van der Waals surface area contributed by atoms with Gasteiger partial charge < -0.3 is 4.74 Å². The van der Waals surface area contributed by atoms with Gasteiger partial charge >= 0.3 is 9.33 Å². The van der Waals surface area contributed by atoms with Crippen molar-refractivity contribution in [3.63, 3.8) is 0 Å². The molecule has 0 saturated carbocycles. The van der Waals surface area contributed by atoms with Gasteiger partial charge in [0.15, 0.2) is 0 Å². The van der Waals surface area contributed by atoms with Gasteiger partial charge in [0.2, 0.25) is 0 Å². The van der Waals surface area contributed by atoms with Crippen LogP contribution in [-0.2, 0) is 9.53 Å². The van der Waals surface area contributed by atoms with Crippen molar-refractivity contribution >= 4 is 37.8 Å². The maximum absolute atomic E-state index is 10.3. The molecule has 0 fully saturated rings. The van der Waals surface area contributed by atoms with E-state index in [9.17, 15) is 14.9 Å². The molecule has 5 nitrogen and oxygen atoms in total. The van der Waals surface area contributed by atoms with Crippen LogP contribution in [0.1, 0.15) is 13.3 Å². The number of ether oxygens (including phenoxy) is 1. The SMILES string of the molecule is CC(=O)OCCC(Br)(Br)[N+](=O)[O-]. The quantitative estimate of drug-likeness (QED) is 0.260. The molecule has 0 amide bonds. The van der Waals surface area contributed by atoms with E-state index in [-0.39, 0.29) is 13.0 Å². The summed E-state index contributed by atoms with van der Waals surface area (Å²) in [4.78, 5) is 20.0. The fraction of sp³-hybridized carbons (Fsp3) is 0.800. The molecule has 0 atom stereocenters. The first-order chi connectivity index (χ1) is 5.36. The van der Waals surface area contributed by atoms with Gasteiger partial charge in [0.25, 0.3) is 0 Å². The topological polar surface area (TPSA) is 69.4 Å². The first-order valence-corrected chi connectivity index (χ1v) is 4.60. The average Bonchev–Trinajstić information content (AvgIpc) is 1.85. The number of nitrogens with zero attached hydrogens (tertiary/aromatic N) is 1. The molecule has 0 aliphatic carbocycles. The number of carbonyl (C=O) groups excluding carboxylic acids is 1. The lowest BCUT2D eigenvalue weighted by Crippen LogP contribution is -2.25. The largest absolute Gasteiger partial charge is 0.466 e. The number of hydrogen-bond donors (Lipinski definition) is 0. The number of alkyl halides is 2. The zero-order valence-electron chi connectivity index (χ0n) is 6.25. The molecular weight excluding hydrogens is 298 g/mol. The minimum Gasteiger partial charge on any atom is -0.466 e. The third-order valence-electron chi connectivity index (χ3n) is 0.975. The van der Waals surface area contributed by atoms with E-state index in [1.807, 2.05) is 0 Å². The summed E-state index contributed by atoms with van der Waals surface area (Å²) in [6, 6.07) is 0. The highest BCUT2D eigenvalue weighted by Gasteiger charge is 2.35. The standard InChI is InChI=1S/C5H7Br2NO4/c1-4(9)12-3-2-5(6,7)8(10)11/h2-3H2,1H3. The van der Waals surface area contributed by atoms with Crippen molar-refractivity contribution in [2.24, 2.45) is 0 Å². The van der Waals surface area contributed by atoms with Gasteiger partial charge in [-0.05, 0) is 0 Å². The van der Waals surface area contributed by atoms with Crippen LogP contribution >= 0.6 is 31.9 Å². The van der Waals surface area contributed by atoms with E-state index in [2.05, 4.69) is 36.6 Å². The summed E-state index contributed by atoms with van der Waals surface area (Å²) in [7, 11) is 0. The van der Waals surface area contributed by atoms with Crippen molar-refractivity contribution < 1.29 is 14.5 Å². The van der Waals surface area contributed by atoms with Crippen LogP contribution < -0.4 is 0 Å². The molecule has 0 unspecified atom stereocenters. The zero-order chi connectivity index (χ0) is 9.78. The summed E-state index contributed by atoms with van der Waals surface area (Å²) < 4.78 is 3.13. The van der Waals surface area contributed by atoms with Crippen LogP contribution in [0.3, 0.4) is 0 Å². The highest BCUT2D eigenvalue weighted by Crippen LogP contribution is 2.30. The lowest BCUT2D eigenvalue weighted by atomic mass is 10.4. The van der Waals surface area contributed by atoms with Crippen molar-refractivity contribution in [3.8, 4) is 0 Å². The maximum Gasteiger partial charge on any atom is 0.330 e. The summed E-state index contributed by atoms with van der Waals surface area (Å²) in [6.07, 6.45) is 0.0690. The highest BCUT2D eigenvalue weighted by atomic mass is 79.9. The van der Waals surface area contributed by atoms with E-state index in [1.165, 1.54) is 6.92 Å². The van der Waals surface area contributed by atoms with E-state index < -0.39 is 14.3 Å². The Bertz CT molecular complexity index is 194. The number of rotatable bonds is 4.